The molecule has 0 bridgehead atoms. The minimum absolute atomic E-state index is 0. The Bertz CT molecular complexity index is 763. The Balaban J connectivity index is 0.00000140. The van der Waals surface area contributed by atoms with Gasteiger partial charge in [0, 0.05) is 31.9 Å². The molecule has 0 amide bonds. The van der Waals surface area contributed by atoms with E-state index in [9.17, 15) is 5.11 Å². The number of phenols is 1. The molecule has 152 valence electrons. The number of hydrogen-bond acceptors (Lipinski definition) is 3. The fourth-order valence-electron chi connectivity index (χ4n) is 4.08. The largest absolute Gasteiger partial charge is 0.506 e. The van der Waals surface area contributed by atoms with Crippen LogP contribution in [0.2, 0.25) is 0 Å². The van der Waals surface area contributed by atoms with Crippen molar-refractivity contribution >= 4 is 42.3 Å². The first kappa shape index (κ1) is 22.4. The molecule has 2 aromatic rings. The molecule has 2 aliphatic rings. The summed E-state index contributed by atoms with van der Waals surface area (Å²) in [4.78, 5) is 4.79. The Kier molecular flexibility index (Phi) is 8.53. The van der Waals surface area contributed by atoms with Crippen molar-refractivity contribution in [1.29, 1.82) is 0 Å². The van der Waals surface area contributed by atoms with Gasteiger partial charge in [0.1, 0.15) is 5.75 Å². The molecule has 2 fully saturated rings. The second kappa shape index (κ2) is 10.6. The van der Waals surface area contributed by atoms with Gasteiger partial charge in [-0.25, -0.2) is 0 Å². The van der Waals surface area contributed by atoms with E-state index in [4.69, 9.17) is 0 Å². The van der Waals surface area contributed by atoms with Crippen molar-refractivity contribution in [1.82, 2.24) is 0 Å². The van der Waals surface area contributed by atoms with Gasteiger partial charge >= 0.3 is 0 Å². The maximum Gasteiger partial charge on any atom is 0.139 e. The molecule has 0 aromatic heterocycles. The third-order valence-electron chi connectivity index (χ3n) is 5.60. The van der Waals surface area contributed by atoms with Crippen LogP contribution in [0, 0.1) is 0 Å². The monoisotopic (exact) mass is 420 g/mol. The van der Waals surface area contributed by atoms with Crippen LogP contribution in [0.5, 0.6) is 5.75 Å². The number of piperidine rings is 2. The van der Waals surface area contributed by atoms with Crippen molar-refractivity contribution in [3.63, 3.8) is 0 Å². The fraction of sp³-hybridized carbons (Fsp3) is 0.391. The highest BCUT2D eigenvalue weighted by Crippen LogP contribution is 2.35. The third kappa shape index (κ3) is 5.36. The molecule has 0 spiro atoms. The summed E-state index contributed by atoms with van der Waals surface area (Å²) >= 11 is 0. The quantitative estimate of drug-likeness (QED) is 0.668. The first-order valence-corrected chi connectivity index (χ1v) is 9.87. The molecule has 0 aliphatic carbocycles. The van der Waals surface area contributed by atoms with Gasteiger partial charge in [0.2, 0.25) is 0 Å². The number of anilines is 2. The Hall–Kier alpha value is -1.84. The summed E-state index contributed by atoms with van der Waals surface area (Å²) in [7, 11) is 0. The lowest BCUT2D eigenvalue weighted by Gasteiger charge is -2.33. The van der Waals surface area contributed by atoms with Crippen molar-refractivity contribution in [2.75, 3.05) is 36.0 Å². The van der Waals surface area contributed by atoms with Crippen molar-refractivity contribution in [2.45, 2.75) is 32.1 Å². The first-order valence-electron chi connectivity index (χ1n) is 9.87. The van der Waals surface area contributed by atoms with Crippen molar-refractivity contribution in [3.05, 3.63) is 59.7 Å². The van der Waals surface area contributed by atoms with E-state index in [0.29, 0.717) is 5.75 Å². The number of halogens is 2. The van der Waals surface area contributed by atoms with Crippen LogP contribution in [-0.2, 0) is 0 Å². The van der Waals surface area contributed by atoms with Crippen molar-refractivity contribution in [2.24, 2.45) is 0 Å². The summed E-state index contributed by atoms with van der Waals surface area (Å²) in [5.41, 5.74) is 5.03. The third-order valence-corrected chi connectivity index (χ3v) is 5.60. The molecule has 5 heteroatoms. The number of phenolic OH excluding ortho intramolecular Hbond substituents is 1. The molecule has 0 radical (unpaired) electrons. The maximum atomic E-state index is 10.4. The van der Waals surface area contributed by atoms with E-state index in [-0.39, 0.29) is 24.8 Å². The van der Waals surface area contributed by atoms with E-state index in [1.54, 1.807) is 0 Å². The summed E-state index contributed by atoms with van der Waals surface area (Å²) < 4.78 is 0. The van der Waals surface area contributed by atoms with E-state index >= 15 is 0 Å². The summed E-state index contributed by atoms with van der Waals surface area (Å²) in [6.45, 7) is 4.20. The Morgan fingerprint density at radius 1 is 0.750 bits per heavy atom. The van der Waals surface area contributed by atoms with Crippen LogP contribution in [0.25, 0.3) is 6.08 Å². The topological polar surface area (TPSA) is 26.7 Å². The van der Waals surface area contributed by atoms with Gasteiger partial charge in [-0.3, -0.25) is 0 Å². The zero-order chi connectivity index (χ0) is 17.8. The highest BCUT2D eigenvalue weighted by molar-refractivity contribution is 5.85. The van der Waals surface area contributed by atoms with Crippen LogP contribution in [0.4, 0.5) is 11.4 Å². The number of hydrogen-bond donors (Lipinski definition) is 1. The Morgan fingerprint density at radius 2 is 1.43 bits per heavy atom. The molecule has 2 saturated heterocycles. The van der Waals surface area contributed by atoms with Gasteiger partial charge in [0.05, 0.1) is 5.69 Å². The average Bonchev–Trinajstić information content (AvgIpc) is 2.71. The van der Waals surface area contributed by atoms with Crippen LogP contribution < -0.4 is 9.80 Å². The molecule has 3 nitrogen and oxygen atoms in total. The van der Waals surface area contributed by atoms with Gasteiger partial charge in [0.15, 0.2) is 0 Å². The molecule has 2 aromatic carbocycles. The minimum Gasteiger partial charge on any atom is -0.506 e. The van der Waals surface area contributed by atoms with Gasteiger partial charge < -0.3 is 14.9 Å². The highest BCUT2D eigenvalue weighted by atomic mass is 35.5. The molecule has 1 N–H and O–H groups in total. The lowest BCUT2D eigenvalue weighted by atomic mass is 10.00. The van der Waals surface area contributed by atoms with E-state index in [0.717, 1.165) is 44.7 Å². The predicted octanol–water partition coefficient (Wildman–Crippen LogP) is 5.91. The minimum atomic E-state index is 0. The summed E-state index contributed by atoms with van der Waals surface area (Å²) in [6, 6.07) is 16.7. The fourth-order valence-corrected chi connectivity index (χ4v) is 4.08. The molecule has 2 aliphatic heterocycles. The standard InChI is InChI=1S/C23H28N2O.2ClH/c26-23-10-9-21(24-13-5-2-6-14-24)18-22(23)25-15-11-20(12-16-25)17-19-7-3-1-4-8-19;;/h1,3-4,7-10,17-18,26H,2,5-6,11-16H2;2*1H. The molecular formula is C23H30Cl2N2O. The van der Waals surface area contributed by atoms with E-state index in [2.05, 4.69) is 58.3 Å². The molecule has 4 rings (SSSR count). The Labute approximate surface area is 180 Å². The molecule has 0 unspecified atom stereocenters. The zero-order valence-electron chi connectivity index (χ0n) is 16.2. The van der Waals surface area contributed by atoms with Crippen LogP contribution in [0.15, 0.2) is 54.1 Å². The molecule has 0 atom stereocenters. The summed E-state index contributed by atoms with van der Waals surface area (Å²) in [5.74, 6) is 0.404. The number of benzene rings is 2. The van der Waals surface area contributed by atoms with Gasteiger partial charge in [-0.05, 0) is 55.9 Å². The second-order valence-electron chi connectivity index (χ2n) is 7.42. The lowest BCUT2D eigenvalue weighted by molar-refractivity contribution is 0.472. The van der Waals surface area contributed by atoms with Crippen LogP contribution in [-0.4, -0.2) is 31.3 Å². The maximum absolute atomic E-state index is 10.4. The van der Waals surface area contributed by atoms with Gasteiger partial charge in [-0.15, -0.1) is 24.8 Å². The van der Waals surface area contributed by atoms with E-state index in [1.165, 1.54) is 36.1 Å². The van der Waals surface area contributed by atoms with E-state index in [1.807, 2.05) is 6.07 Å². The van der Waals surface area contributed by atoms with Crippen LogP contribution >= 0.6 is 24.8 Å². The van der Waals surface area contributed by atoms with Gasteiger partial charge in [-0.2, -0.15) is 0 Å². The van der Waals surface area contributed by atoms with Crippen molar-refractivity contribution in [3.8, 4) is 5.75 Å². The normalized spacial score (nSPS) is 16.8. The summed E-state index contributed by atoms with van der Waals surface area (Å²) in [5, 5.41) is 10.4. The van der Waals surface area contributed by atoms with E-state index < -0.39 is 0 Å². The number of rotatable bonds is 3. The van der Waals surface area contributed by atoms with Crippen molar-refractivity contribution < 1.29 is 5.11 Å². The summed E-state index contributed by atoms with van der Waals surface area (Å²) in [6.07, 6.45) is 8.32. The van der Waals surface area contributed by atoms with Crippen LogP contribution in [0.3, 0.4) is 0 Å². The molecule has 28 heavy (non-hydrogen) atoms. The first-order chi connectivity index (χ1) is 12.8. The smallest absolute Gasteiger partial charge is 0.139 e. The SMILES string of the molecule is Cl.Cl.Oc1ccc(N2CCCCC2)cc1N1CCC(=Cc2ccccc2)CC1. The number of nitrogens with zero attached hydrogens (tertiary/aromatic N) is 2. The molecule has 0 saturated carbocycles. The van der Waals surface area contributed by atoms with Crippen LogP contribution in [0.1, 0.15) is 37.7 Å². The number of aromatic hydroxyl groups is 1. The second-order valence-corrected chi connectivity index (χ2v) is 7.42. The lowest BCUT2D eigenvalue weighted by Crippen LogP contribution is -2.32. The highest BCUT2D eigenvalue weighted by Gasteiger charge is 2.19. The predicted molar refractivity (Wildman–Crippen MR) is 125 cm³/mol. The average molecular weight is 421 g/mol. The Morgan fingerprint density at radius 3 is 2.11 bits per heavy atom. The van der Waals surface area contributed by atoms with Gasteiger partial charge in [0.25, 0.3) is 0 Å². The van der Waals surface area contributed by atoms with Gasteiger partial charge in [-0.1, -0.05) is 42.0 Å². The molecular weight excluding hydrogens is 391 g/mol. The zero-order valence-corrected chi connectivity index (χ0v) is 17.9. The molecule has 2 heterocycles.